The zero-order valence-electron chi connectivity index (χ0n) is 10.3. The highest BCUT2D eigenvalue weighted by Crippen LogP contribution is 2.31. The number of aryl methyl sites for hydroxylation is 2. The molecule has 0 aliphatic rings. The second-order valence-electron chi connectivity index (χ2n) is 4.20. The minimum Gasteiger partial charge on any atom is -0.508 e. The van der Waals surface area contributed by atoms with Crippen molar-refractivity contribution in [2.45, 2.75) is 52.9 Å². The van der Waals surface area contributed by atoms with Gasteiger partial charge in [0.05, 0.1) is 0 Å². The Labute approximate surface area is 93.1 Å². The second-order valence-corrected chi connectivity index (χ2v) is 4.20. The van der Waals surface area contributed by atoms with Crippen LogP contribution in [0.3, 0.4) is 0 Å². The maximum atomic E-state index is 9.94. The van der Waals surface area contributed by atoms with E-state index in [1.807, 2.05) is 6.07 Å². The van der Waals surface area contributed by atoms with Crippen LogP contribution in [0.25, 0.3) is 0 Å². The lowest BCUT2D eigenvalue weighted by Gasteiger charge is -2.15. The van der Waals surface area contributed by atoms with Gasteiger partial charge >= 0.3 is 0 Å². The van der Waals surface area contributed by atoms with Gasteiger partial charge < -0.3 is 5.11 Å². The Balaban J connectivity index is 3.19. The number of rotatable bonds is 4. The van der Waals surface area contributed by atoms with Crippen LogP contribution in [0.2, 0.25) is 0 Å². The SMILES string of the molecule is CCc1cc(O)c(C(C)CC)cc1CC. The Kier molecular flexibility index (Phi) is 4.19. The van der Waals surface area contributed by atoms with Gasteiger partial charge in [0.25, 0.3) is 0 Å². The van der Waals surface area contributed by atoms with E-state index < -0.39 is 0 Å². The molecule has 0 heterocycles. The Bertz CT molecular complexity index is 328. The van der Waals surface area contributed by atoms with E-state index in [9.17, 15) is 5.11 Å². The molecule has 1 atom stereocenters. The molecule has 0 saturated heterocycles. The van der Waals surface area contributed by atoms with Crippen molar-refractivity contribution < 1.29 is 5.11 Å². The second kappa shape index (κ2) is 5.20. The molecule has 0 aliphatic carbocycles. The Morgan fingerprint density at radius 2 is 1.60 bits per heavy atom. The summed E-state index contributed by atoms with van der Waals surface area (Å²) in [5, 5.41) is 9.94. The molecule has 1 N–H and O–H groups in total. The summed E-state index contributed by atoms with van der Waals surface area (Å²) in [6, 6.07) is 4.13. The van der Waals surface area contributed by atoms with Crippen molar-refractivity contribution >= 4 is 0 Å². The summed E-state index contributed by atoms with van der Waals surface area (Å²) in [5.74, 6) is 0.916. The lowest BCUT2D eigenvalue weighted by atomic mass is 9.92. The first-order valence-electron chi connectivity index (χ1n) is 5.98. The van der Waals surface area contributed by atoms with Crippen LogP contribution in [0, 0.1) is 0 Å². The van der Waals surface area contributed by atoms with Crippen molar-refractivity contribution in [1.29, 1.82) is 0 Å². The van der Waals surface area contributed by atoms with E-state index in [0.29, 0.717) is 11.7 Å². The smallest absolute Gasteiger partial charge is 0.119 e. The minimum absolute atomic E-state index is 0.446. The van der Waals surface area contributed by atoms with Gasteiger partial charge in [-0.1, -0.05) is 33.8 Å². The molecule has 1 rings (SSSR count). The van der Waals surface area contributed by atoms with Crippen LogP contribution in [0.5, 0.6) is 5.75 Å². The van der Waals surface area contributed by atoms with Gasteiger partial charge in [0.15, 0.2) is 0 Å². The summed E-state index contributed by atoms with van der Waals surface area (Å²) >= 11 is 0. The fraction of sp³-hybridized carbons (Fsp3) is 0.571. The monoisotopic (exact) mass is 206 g/mol. The maximum absolute atomic E-state index is 9.94. The lowest BCUT2D eigenvalue weighted by Crippen LogP contribution is -1.98. The van der Waals surface area contributed by atoms with E-state index in [1.165, 1.54) is 11.1 Å². The third-order valence-corrected chi connectivity index (χ3v) is 3.25. The molecule has 1 heteroatoms. The van der Waals surface area contributed by atoms with Crippen molar-refractivity contribution in [1.82, 2.24) is 0 Å². The summed E-state index contributed by atoms with van der Waals surface area (Å²) in [5.41, 5.74) is 3.76. The molecule has 0 amide bonds. The van der Waals surface area contributed by atoms with Gasteiger partial charge in [-0.2, -0.15) is 0 Å². The highest BCUT2D eigenvalue weighted by molar-refractivity contribution is 5.43. The van der Waals surface area contributed by atoms with Crippen LogP contribution in [-0.4, -0.2) is 5.11 Å². The number of aromatic hydroxyl groups is 1. The van der Waals surface area contributed by atoms with Gasteiger partial charge in [0.2, 0.25) is 0 Å². The van der Waals surface area contributed by atoms with E-state index in [-0.39, 0.29) is 0 Å². The molecule has 0 aromatic heterocycles. The molecule has 0 spiro atoms. The topological polar surface area (TPSA) is 20.2 Å². The lowest BCUT2D eigenvalue weighted by molar-refractivity contribution is 0.460. The van der Waals surface area contributed by atoms with Crippen LogP contribution >= 0.6 is 0 Å². The number of benzene rings is 1. The quantitative estimate of drug-likeness (QED) is 0.788. The van der Waals surface area contributed by atoms with Crippen molar-refractivity contribution in [2.24, 2.45) is 0 Å². The van der Waals surface area contributed by atoms with Crippen LogP contribution < -0.4 is 0 Å². The van der Waals surface area contributed by atoms with Crippen LogP contribution in [-0.2, 0) is 12.8 Å². The number of hydrogen-bond acceptors (Lipinski definition) is 1. The van der Waals surface area contributed by atoms with Gasteiger partial charge in [-0.05, 0) is 47.9 Å². The summed E-state index contributed by atoms with van der Waals surface area (Å²) in [6.07, 6.45) is 3.12. The van der Waals surface area contributed by atoms with Crippen LogP contribution in [0.1, 0.15) is 56.7 Å². The molecular weight excluding hydrogens is 184 g/mol. The summed E-state index contributed by atoms with van der Waals surface area (Å²) in [6.45, 7) is 8.63. The molecule has 1 unspecified atom stereocenters. The molecule has 1 nitrogen and oxygen atoms in total. The average molecular weight is 206 g/mol. The molecule has 0 aliphatic heterocycles. The van der Waals surface area contributed by atoms with Gasteiger partial charge in [-0.25, -0.2) is 0 Å². The van der Waals surface area contributed by atoms with E-state index in [4.69, 9.17) is 0 Å². The van der Waals surface area contributed by atoms with E-state index >= 15 is 0 Å². The number of phenolic OH excluding ortho intramolecular Hbond substituents is 1. The van der Waals surface area contributed by atoms with Gasteiger partial charge in [-0.15, -0.1) is 0 Å². The Morgan fingerprint density at radius 3 is 2.07 bits per heavy atom. The molecule has 0 saturated carbocycles. The average Bonchev–Trinajstić information content (AvgIpc) is 2.27. The van der Waals surface area contributed by atoms with Crippen molar-refractivity contribution in [3.05, 3.63) is 28.8 Å². The highest BCUT2D eigenvalue weighted by Gasteiger charge is 2.11. The largest absolute Gasteiger partial charge is 0.508 e. The Morgan fingerprint density at radius 1 is 1.07 bits per heavy atom. The van der Waals surface area contributed by atoms with E-state index in [2.05, 4.69) is 33.8 Å². The Hall–Kier alpha value is -0.980. The van der Waals surface area contributed by atoms with Gasteiger partial charge in [0, 0.05) is 0 Å². The zero-order valence-corrected chi connectivity index (χ0v) is 10.3. The summed E-state index contributed by atoms with van der Waals surface area (Å²) in [4.78, 5) is 0. The molecule has 0 bridgehead atoms. The third-order valence-electron chi connectivity index (χ3n) is 3.25. The molecule has 1 aromatic carbocycles. The van der Waals surface area contributed by atoms with Crippen LogP contribution in [0.4, 0.5) is 0 Å². The third kappa shape index (κ3) is 2.53. The molecule has 84 valence electrons. The minimum atomic E-state index is 0.446. The summed E-state index contributed by atoms with van der Waals surface area (Å²) in [7, 11) is 0. The molecule has 0 radical (unpaired) electrons. The normalized spacial score (nSPS) is 12.8. The zero-order chi connectivity index (χ0) is 11.4. The highest BCUT2D eigenvalue weighted by atomic mass is 16.3. The molecule has 15 heavy (non-hydrogen) atoms. The first-order chi connectivity index (χ1) is 7.13. The maximum Gasteiger partial charge on any atom is 0.119 e. The van der Waals surface area contributed by atoms with E-state index in [1.54, 1.807) is 0 Å². The fourth-order valence-corrected chi connectivity index (χ4v) is 1.97. The van der Waals surface area contributed by atoms with Crippen molar-refractivity contribution in [2.75, 3.05) is 0 Å². The molecule has 1 aromatic rings. The first-order valence-corrected chi connectivity index (χ1v) is 5.98. The molecular formula is C14H22O. The number of phenols is 1. The fourth-order valence-electron chi connectivity index (χ4n) is 1.97. The standard InChI is InChI=1S/C14H22O/c1-5-10(4)13-8-11(6-2)12(7-3)9-14(13)15/h8-10,15H,5-7H2,1-4H3. The predicted octanol–water partition coefficient (Wildman–Crippen LogP) is 4.03. The van der Waals surface area contributed by atoms with Crippen molar-refractivity contribution in [3.8, 4) is 5.75 Å². The predicted molar refractivity (Wildman–Crippen MR) is 65.6 cm³/mol. The van der Waals surface area contributed by atoms with Crippen LogP contribution in [0.15, 0.2) is 12.1 Å². The van der Waals surface area contributed by atoms with Gasteiger partial charge in [-0.3, -0.25) is 0 Å². The number of hydrogen-bond donors (Lipinski definition) is 1. The van der Waals surface area contributed by atoms with Gasteiger partial charge in [0.1, 0.15) is 5.75 Å². The van der Waals surface area contributed by atoms with Crippen molar-refractivity contribution in [3.63, 3.8) is 0 Å². The molecule has 0 fully saturated rings. The van der Waals surface area contributed by atoms with E-state index in [0.717, 1.165) is 24.8 Å². The first kappa shape index (κ1) is 12.1. The summed E-state index contributed by atoms with van der Waals surface area (Å²) < 4.78 is 0.